The Morgan fingerprint density at radius 1 is 1.18 bits per heavy atom. The summed E-state index contributed by atoms with van der Waals surface area (Å²) in [6.45, 7) is 8.65. The molecule has 7 nitrogen and oxygen atoms in total. The molecule has 3 aromatic rings. The molecule has 7 heteroatoms. The van der Waals surface area contributed by atoms with Gasteiger partial charge in [0, 0.05) is 24.8 Å². The van der Waals surface area contributed by atoms with Crippen LogP contribution in [0.5, 0.6) is 5.75 Å². The maximum absolute atomic E-state index is 12.7. The maximum atomic E-state index is 12.7. The number of nitrogens with one attached hydrogen (secondary N) is 1. The minimum atomic E-state index is -0.153. The van der Waals surface area contributed by atoms with E-state index < -0.39 is 0 Å². The lowest BCUT2D eigenvalue weighted by Crippen LogP contribution is -2.31. The predicted octanol–water partition coefficient (Wildman–Crippen LogP) is 3.21. The molecule has 0 aliphatic carbocycles. The fraction of sp³-hybridized carbons (Fsp3) is 0.381. The van der Waals surface area contributed by atoms with Crippen LogP contribution in [0.25, 0.3) is 11.3 Å². The predicted molar refractivity (Wildman–Crippen MR) is 109 cm³/mol. The van der Waals surface area contributed by atoms with E-state index in [9.17, 15) is 4.79 Å². The van der Waals surface area contributed by atoms with Gasteiger partial charge < -0.3 is 10.1 Å². The molecule has 1 N–H and O–H groups in total. The van der Waals surface area contributed by atoms with Gasteiger partial charge in [-0.05, 0) is 63.6 Å². The average Bonchev–Trinajstić information content (AvgIpc) is 3.21. The van der Waals surface area contributed by atoms with Crippen molar-refractivity contribution in [3.8, 4) is 17.0 Å². The summed E-state index contributed by atoms with van der Waals surface area (Å²) in [6, 6.07) is 9.47. The topological polar surface area (TPSA) is 74.0 Å². The van der Waals surface area contributed by atoms with Gasteiger partial charge in [0.15, 0.2) is 0 Å². The Morgan fingerprint density at radius 3 is 2.43 bits per heavy atom. The lowest BCUT2D eigenvalue weighted by Gasteiger charge is -2.15. The first-order valence-electron chi connectivity index (χ1n) is 9.30. The van der Waals surface area contributed by atoms with Gasteiger partial charge >= 0.3 is 0 Å². The number of carbonyl (C=O) groups is 1. The van der Waals surface area contributed by atoms with Crippen molar-refractivity contribution < 1.29 is 9.53 Å². The van der Waals surface area contributed by atoms with E-state index in [2.05, 4.69) is 29.4 Å². The Balaban J connectivity index is 1.70. The molecule has 148 valence electrons. The zero-order valence-corrected chi connectivity index (χ0v) is 17.3. The van der Waals surface area contributed by atoms with Crippen LogP contribution in [0.2, 0.25) is 0 Å². The molecular weight excluding hydrogens is 354 g/mol. The van der Waals surface area contributed by atoms with Crippen LogP contribution in [0.3, 0.4) is 0 Å². The van der Waals surface area contributed by atoms with Crippen LogP contribution in [-0.4, -0.2) is 39.1 Å². The van der Waals surface area contributed by atoms with E-state index in [0.717, 1.165) is 28.4 Å². The number of benzene rings is 1. The van der Waals surface area contributed by atoms with Gasteiger partial charge in [0.1, 0.15) is 11.4 Å². The lowest BCUT2D eigenvalue weighted by molar-refractivity contribution is 0.0938. The quantitative estimate of drug-likeness (QED) is 0.712. The average molecular weight is 381 g/mol. The molecule has 2 aromatic heterocycles. The highest BCUT2D eigenvalue weighted by Gasteiger charge is 2.17. The first-order valence-corrected chi connectivity index (χ1v) is 9.30. The number of amides is 1. The number of nitrogens with zero attached hydrogens (tertiary/aromatic N) is 4. The minimum Gasteiger partial charge on any atom is -0.497 e. The highest BCUT2D eigenvalue weighted by molar-refractivity contribution is 5.93. The number of rotatable bonds is 6. The van der Waals surface area contributed by atoms with Gasteiger partial charge in [-0.2, -0.15) is 10.2 Å². The Morgan fingerprint density at radius 2 is 1.86 bits per heavy atom. The van der Waals surface area contributed by atoms with Crippen molar-refractivity contribution >= 4 is 5.91 Å². The zero-order chi connectivity index (χ0) is 20.4. The largest absolute Gasteiger partial charge is 0.497 e. The zero-order valence-electron chi connectivity index (χ0n) is 17.3. The van der Waals surface area contributed by atoms with E-state index >= 15 is 0 Å². The maximum Gasteiger partial charge on any atom is 0.269 e. The number of methoxy groups -OCH3 is 1. The van der Waals surface area contributed by atoms with Crippen LogP contribution in [0.1, 0.15) is 40.4 Å². The van der Waals surface area contributed by atoms with Crippen LogP contribution < -0.4 is 10.1 Å². The monoisotopic (exact) mass is 381 g/mol. The van der Waals surface area contributed by atoms with Gasteiger partial charge in [0.2, 0.25) is 0 Å². The lowest BCUT2D eigenvalue weighted by atomic mass is 10.1. The van der Waals surface area contributed by atoms with Gasteiger partial charge in [-0.15, -0.1) is 0 Å². The van der Waals surface area contributed by atoms with Crippen molar-refractivity contribution in [3.05, 3.63) is 53.0 Å². The van der Waals surface area contributed by atoms with Gasteiger partial charge in [-0.3, -0.25) is 14.2 Å². The molecule has 28 heavy (non-hydrogen) atoms. The third kappa shape index (κ3) is 3.78. The van der Waals surface area contributed by atoms with Gasteiger partial charge in [0.05, 0.1) is 24.5 Å². The first kappa shape index (κ1) is 19.7. The second-order valence-electron chi connectivity index (χ2n) is 7.07. The van der Waals surface area contributed by atoms with Crippen molar-refractivity contribution in [3.63, 3.8) is 0 Å². The summed E-state index contributed by atoms with van der Waals surface area (Å²) in [6.07, 6.45) is 0. The normalized spacial score (nSPS) is 12.1. The molecule has 1 atom stereocenters. The number of aryl methyl sites for hydroxylation is 2. The molecule has 0 aliphatic rings. The summed E-state index contributed by atoms with van der Waals surface area (Å²) in [5, 5.41) is 12.0. The summed E-state index contributed by atoms with van der Waals surface area (Å²) >= 11 is 0. The van der Waals surface area contributed by atoms with Crippen molar-refractivity contribution in [2.75, 3.05) is 13.7 Å². The Bertz CT molecular complexity index is 985. The first-order chi connectivity index (χ1) is 13.3. The molecule has 0 fully saturated rings. The summed E-state index contributed by atoms with van der Waals surface area (Å²) in [7, 11) is 3.41. The van der Waals surface area contributed by atoms with Gasteiger partial charge in [-0.25, -0.2) is 0 Å². The fourth-order valence-electron chi connectivity index (χ4n) is 3.17. The highest BCUT2D eigenvalue weighted by Crippen LogP contribution is 2.22. The number of carbonyl (C=O) groups excluding carboxylic acids is 1. The molecule has 0 radical (unpaired) electrons. The second-order valence-corrected chi connectivity index (χ2v) is 7.07. The van der Waals surface area contributed by atoms with Crippen molar-refractivity contribution in [2.24, 2.45) is 7.05 Å². The SMILES string of the molecule is COc1ccc(-c2cc(C(=O)NCC(C)n3nc(C)c(C)c3C)n(C)n2)cc1. The molecule has 0 saturated heterocycles. The molecule has 2 heterocycles. The number of aromatic nitrogens is 4. The van der Waals surface area contributed by atoms with Crippen LogP contribution in [0, 0.1) is 20.8 Å². The number of ether oxygens (including phenoxy) is 1. The third-order valence-corrected chi connectivity index (χ3v) is 5.16. The molecule has 0 saturated carbocycles. The van der Waals surface area contributed by atoms with E-state index in [-0.39, 0.29) is 11.9 Å². The molecular formula is C21H27N5O2. The molecule has 3 rings (SSSR count). The van der Waals surface area contributed by atoms with Gasteiger partial charge in [0.25, 0.3) is 5.91 Å². The fourth-order valence-corrected chi connectivity index (χ4v) is 3.17. The number of hydrogen-bond acceptors (Lipinski definition) is 4. The smallest absolute Gasteiger partial charge is 0.269 e. The van der Waals surface area contributed by atoms with Crippen LogP contribution in [0.15, 0.2) is 30.3 Å². The Hall–Kier alpha value is -3.09. The summed E-state index contributed by atoms with van der Waals surface area (Å²) < 4.78 is 8.76. The second kappa shape index (κ2) is 7.88. The van der Waals surface area contributed by atoms with Crippen LogP contribution >= 0.6 is 0 Å². The highest BCUT2D eigenvalue weighted by atomic mass is 16.5. The van der Waals surface area contributed by atoms with E-state index in [1.165, 1.54) is 5.56 Å². The Labute approximate surface area is 165 Å². The van der Waals surface area contributed by atoms with E-state index in [4.69, 9.17) is 4.74 Å². The number of hydrogen-bond donors (Lipinski definition) is 1. The summed E-state index contributed by atoms with van der Waals surface area (Å²) in [4.78, 5) is 12.7. The van der Waals surface area contributed by atoms with E-state index in [0.29, 0.717) is 12.2 Å². The molecule has 1 amide bonds. The minimum absolute atomic E-state index is 0.0608. The van der Waals surface area contributed by atoms with E-state index in [1.54, 1.807) is 24.9 Å². The summed E-state index contributed by atoms with van der Waals surface area (Å²) in [5.74, 6) is 0.630. The van der Waals surface area contributed by atoms with E-state index in [1.807, 2.05) is 42.8 Å². The molecule has 1 aromatic carbocycles. The van der Waals surface area contributed by atoms with Crippen LogP contribution in [-0.2, 0) is 7.05 Å². The standard InChI is InChI=1S/C21H27N5O2/c1-13(26-16(4)14(2)15(3)23-26)12-22-21(27)20-11-19(24-25(20)5)17-7-9-18(28-6)10-8-17/h7-11,13H,12H2,1-6H3,(H,22,27). The molecule has 0 spiro atoms. The van der Waals surface area contributed by atoms with Crippen LogP contribution in [0.4, 0.5) is 0 Å². The molecule has 1 unspecified atom stereocenters. The molecule has 0 bridgehead atoms. The molecule has 0 aliphatic heterocycles. The Kier molecular flexibility index (Phi) is 5.53. The van der Waals surface area contributed by atoms with Crippen molar-refractivity contribution in [1.29, 1.82) is 0 Å². The summed E-state index contributed by atoms with van der Waals surface area (Å²) in [5.41, 5.74) is 5.53. The van der Waals surface area contributed by atoms with Gasteiger partial charge in [-0.1, -0.05) is 0 Å². The third-order valence-electron chi connectivity index (χ3n) is 5.16. The van der Waals surface area contributed by atoms with Crippen molar-refractivity contribution in [1.82, 2.24) is 24.9 Å². The van der Waals surface area contributed by atoms with Crippen molar-refractivity contribution in [2.45, 2.75) is 33.7 Å².